The topological polar surface area (TPSA) is 59.2 Å². The summed E-state index contributed by atoms with van der Waals surface area (Å²) in [5.74, 6) is 1.01. The van der Waals surface area contributed by atoms with Crippen LogP contribution in [-0.4, -0.2) is 34.0 Å². The van der Waals surface area contributed by atoms with E-state index < -0.39 is 0 Å². The van der Waals surface area contributed by atoms with E-state index in [1.54, 1.807) is 11.3 Å². The highest BCUT2D eigenvalue weighted by molar-refractivity contribution is 7.09. The van der Waals surface area contributed by atoms with E-state index in [4.69, 9.17) is 4.52 Å². The van der Waals surface area contributed by atoms with Crippen molar-refractivity contribution in [3.05, 3.63) is 33.6 Å². The average Bonchev–Trinajstić information content (AvgIpc) is 3.10. The molecule has 0 N–H and O–H groups in total. The van der Waals surface area contributed by atoms with E-state index in [0.717, 1.165) is 50.2 Å². The second-order valence-corrected chi connectivity index (χ2v) is 7.17. The standard InChI is InChI=1S/C16H19N3O2S/c1-10-9-22-15(17-10)12-4-6-19(7-5-12)16(20)13-8-21-18-14(13)11-2-3-11/h8-9,11-12H,2-7H2,1H3. The van der Waals surface area contributed by atoms with Crippen molar-refractivity contribution in [2.45, 2.75) is 44.4 Å². The first-order valence-electron chi connectivity index (χ1n) is 7.88. The van der Waals surface area contributed by atoms with Gasteiger partial charge in [-0.1, -0.05) is 5.16 Å². The number of carbonyl (C=O) groups excluding carboxylic acids is 1. The van der Waals surface area contributed by atoms with Crippen LogP contribution in [-0.2, 0) is 0 Å². The molecule has 1 aliphatic carbocycles. The maximum atomic E-state index is 12.7. The number of aryl methyl sites for hydroxylation is 1. The molecule has 0 bridgehead atoms. The molecule has 2 fully saturated rings. The van der Waals surface area contributed by atoms with Crippen LogP contribution in [0.15, 0.2) is 16.2 Å². The van der Waals surface area contributed by atoms with Crippen molar-refractivity contribution in [1.82, 2.24) is 15.0 Å². The van der Waals surface area contributed by atoms with Crippen LogP contribution >= 0.6 is 11.3 Å². The molecular weight excluding hydrogens is 298 g/mol. The fourth-order valence-electron chi connectivity index (χ4n) is 3.12. The number of thiazole rings is 1. The maximum absolute atomic E-state index is 12.7. The van der Waals surface area contributed by atoms with Gasteiger partial charge in [0.1, 0.15) is 11.8 Å². The first-order valence-corrected chi connectivity index (χ1v) is 8.76. The van der Waals surface area contributed by atoms with Crippen molar-refractivity contribution in [3.63, 3.8) is 0 Å². The zero-order valence-electron chi connectivity index (χ0n) is 12.6. The lowest BCUT2D eigenvalue weighted by molar-refractivity contribution is 0.0711. The van der Waals surface area contributed by atoms with E-state index in [-0.39, 0.29) is 5.91 Å². The fourth-order valence-corrected chi connectivity index (χ4v) is 4.08. The minimum atomic E-state index is 0.0805. The summed E-state index contributed by atoms with van der Waals surface area (Å²) in [5.41, 5.74) is 2.63. The highest BCUT2D eigenvalue weighted by Crippen LogP contribution is 2.41. The summed E-state index contributed by atoms with van der Waals surface area (Å²) in [6, 6.07) is 0. The van der Waals surface area contributed by atoms with Gasteiger partial charge in [0.15, 0.2) is 0 Å². The van der Waals surface area contributed by atoms with E-state index in [1.807, 2.05) is 11.8 Å². The molecule has 6 heteroatoms. The molecule has 2 aromatic heterocycles. The number of nitrogens with zero attached hydrogens (tertiary/aromatic N) is 3. The van der Waals surface area contributed by atoms with Gasteiger partial charge in [0.2, 0.25) is 0 Å². The molecule has 1 saturated carbocycles. The summed E-state index contributed by atoms with van der Waals surface area (Å²) in [4.78, 5) is 19.2. The Morgan fingerprint density at radius 2 is 2.05 bits per heavy atom. The molecule has 0 unspecified atom stereocenters. The monoisotopic (exact) mass is 317 g/mol. The summed E-state index contributed by atoms with van der Waals surface area (Å²) in [7, 11) is 0. The Labute approximate surface area is 133 Å². The predicted molar refractivity (Wildman–Crippen MR) is 83.2 cm³/mol. The number of likely N-dealkylation sites (tertiary alicyclic amines) is 1. The second-order valence-electron chi connectivity index (χ2n) is 6.28. The summed E-state index contributed by atoms with van der Waals surface area (Å²) < 4.78 is 5.05. The Bertz CT molecular complexity index is 681. The minimum Gasteiger partial charge on any atom is -0.364 e. The average molecular weight is 317 g/mol. The molecule has 0 spiro atoms. The Kier molecular flexibility index (Phi) is 3.48. The van der Waals surface area contributed by atoms with Crippen LogP contribution in [0.25, 0.3) is 0 Å². The molecule has 0 radical (unpaired) electrons. The molecule has 0 atom stereocenters. The first kappa shape index (κ1) is 13.9. The number of rotatable bonds is 3. The highest BCUT2D eigenvalue weighted by atomic mass is 32.1. The number of aromatic nitrogens is 2. The molecule has 1 saturated heterocycles. The van der Waals surface area contributed by atoms with Crippen molar-refractivity contribution in [1.29, 1.82) is 0 Å². The number of hydrogen-bond donors (Lipinski definition) is 0. The second kappa shape index (κ2) is 5.50. The molecule has 4 rings (SSSR count). The molecule has 2 aliphatic rings. The van der Waals surface area contributed by atoms with Gasteiger partial charge in [-0.05, 0) is 32.6 Å². The van der Waals surface area contributed by atoms with Gasteiger partial charge >= 0.3 is 0 Å². The van der Waals surface area contributed by atoms with E-state index in [9.17, 15) is 4.79 Å². The van der Waals surface area contributed by atoms with Gasteiger partial charge in [-0.3, -0.25) is 4.79 Å². The molecule has 0 aromatic carbocycles. The van der Waals surface area contributed by atoms with Crippen LogP contribution in [0, 0.1) is 6.92 Å². The molecule has 22 heavy (non-hydrogen) atoms. The van der Waals surface area contributed by atoms with Crippen LogP contribution in [0.4, 0.5) is 0 Å². The van der Waals surface area contributed by atoms with Gasteiger partial charge in [-0.15, -0.1) is 11.3 Å². The van der Waals surface area contributed by atoms with Crippen LogP contribution < -0.4 is 0 Å². The normalized spacial score (nSPS) is 19.6. The molecule has 1 amide bonds. The molecule has 3 heterocycles. The lowest BCUT2D eigenvalue weighted by Gasteiger charge is -2.31. The third-order valence-corrected chi connectivity index (χ3v) is 5.69. The molecule has 2 aromatic rings. The third kappa shape index (κ3) is 2.56. The number of hydrogen-bond acceptors (Lipinski definition) is 5. The maximum Gasteiger partial charge on any atom is 0.259 e. The van der Waals surface area contributed by atoms with Crippen LogP contribution in [0.3, 0.4) is 0 Å². The first-order chi connectivity index (χ1) is 10.7. The van der Waals surface area contributed by atoms with E-state index in [2.05, 4.69) is 15.5 Å². The minimum absolute atomic E-state index is 0.0805. The van der Waals surface area contributed by atoms with E-state index in [1.165, 1.54) is 11.3 Å². The smallest absolute Gasteiger partial charge is 0.259 e. The Hall–Kier alpha value is -1.69. The van der Waals surface area contributed by atoms with E-state index >= 15 is 0 Å². The van der Waals surface area contributed by atoms with Crippen LogP contribution in [0.5, 0.6) is 0 Å². The number of amides is 1. The summed E-state index contributed by atoms with van der Waals surface area (Å²) in [5, 5.41) is 7.35. The van der Waals surface area contributed by atoms with Gasteiger partial charge in [0.25, 0.3) is 5.91 Å². The molecule has 116 valence electrons. The van der Waals surface area contributed by atoms with Crippen molar-refractivity contribution < 1.29 is 9.32 Å². The molecule has 1 aliphatic heterocycles. The zero-order valence-corrected chi connectivity index (χ0v) is 13.4. The number of carbonyl (C=O) groups is 1. The van der Waals surface area contributed by atoms with Gasteiger partial charge < -0.3 is 9.42 Å². The lowest BCUT2D eigenvalue weighted by atomic mass is 9.97. The lowest BCUT2D eigenvalue weighted by Crippen LogP contribution is -2.38. The van der Waals surface area contributed by atoms with Gasteiger partial charge in [0, 0.05) is 36.0 Å². The van der Waals surface area contributed by atoms with Gasteiger partial charge in [0.05, 0.1) is 10.7 Å². The summed E-state index contributed by atoms with van der Waals surface area (Å²) in [6.07, 6.45) is 5.74. The highest BCUT2D eigenvalue weighted by Gasteiger charge is 2.34. The number of piperidine rings is 1. The van der Waals surface area contributed by atoms with Crippen molar-refractivity contribution in [3.8, 4) is 0 Å². The van der Waals surface area contributed by atoms with Crippen molar-refractivity contribution in [2.24, 2.45) is 0 Å². The molecule has 5 nitrogen and oxygen atoms in total. The zero-order chi connectivity index (χ0) is 15.1. The predicted octanol–water partition coefficient (Wildman–Crippen LogP) is 3.34. The molecular formula is C16H19N3O2S. The summed E-state index contributed by atoms with van der Waals surface area (Å²) >= 11 is 1.74. The van der Waals surface area contributed by atoms with Crippen LogP contribution in [0.1, 0.15) is 64.3 Å². The van der Waals surface area contributed by atoms with Gasteiger partial charge in [-0.25, -0.2) is 4.98 Å². The quantitative estimate of drug-likeness (QED) is 0.871. The van der Waals surface area contributed by atoms with Crippen molar-refractivity contribution in [2.75, 3.05) is 13.1 Å². The third-order valence-electron chi connectivity index (χ3n) is 4.56. The van der Waals surface area contributed by atoms with E-state index in [0.29, 0.717) is 17.4 Å². The van der Waals surface area contributed by atoms with Gasteiger partial charge in [-0.2, -0.15) is 0 Å². The van der Waals surface area contributed by atoms with Crippen molar-refractivity contribution >= 4 is 17.2 Å². The SMILES string of the molecule is Cc1csc(C2CCN(C(=O)c3conc3C3CC3)CC2)n1. The fraction of sp³-hybridized carbons (Fsp3) is 0.562. The Morgan fingerprint density at radius 1 is 1.27 bits per heavy atom. The Balaban J connectivity index is 1.42. The Morgan fingerprint density at radius 3 is 2.68 bits per heavy atom. The summed E-state index contributed by atoms with van der Waals surface area (Å²) in [6.45, 7) is 3.61. The largest absolute Gasteiger partial charge is 0.364 e. The van der Waals surface area contributed by atoms with Crippen LogP contribution in [0.2, 0.25) is 0 Å².